The summed E-state index contributed by atoms with van der Waals surface area (Å²) in [6.07, 6.45) is -0.539. The maximum atomic E-state index is 12.0. The molecule has 0 fully saturated rings. The number of carbonyl (C=O) groups is 1. The topological polar surface area (TPSA) is 86.7 Å². The van der Waals surface area contributed by atoms with E-state index < -0.39 is 16.1 Å². The van der Waals surface area contributed by atoms with E-state index in [-0.39, 0.29) is 23.8 Å². The van der Waals surface area contributed by atoms with E-state index >= 15 is 0 Å². The van der Waals surface area contributed by atoms with Crippen molar-refractivity contribution in [2.75, 3.05) is 18.5 Å². The highest BCUT2D eigenvalue weighted by Crippen LogP contribution is 2.29. The van der Waals surface area contributed by atoms with Crippen LogP contribution in [0.2, 0.25) is 0 Å². The fourth-order valence-corrected chi connectivity index (χ4v) is 3.10. The summed E-state index contributed by atoms with van der Waals surface area (Å²) in [7, 11) is -1.99. The van der Waals surface area contributed by atoms with E-state index in [9.17, 15) is 13.2 Å². The van der Waals surface area contributed by atoms with Crippen molar-refractivity contribution in [1.82, 2.24) is 4.72 Å². The van der Waals surface area contributed by atoms with Gasteiger partial charge in [-0.15, -0.1) is 0 Å². The lowest BCUT2D eigenvalue weighted by Crippen LogP contribution is -2.30. The summed E-state index contributed by atoms with van der Waals surface area (Å²) in [6, 6.07) is 4.58. The molecule has 0 saturated carbocycles. The van der Waals surface area contributed by atoms with Crippen LogP contribution in [0, 0.1) is 0 Å². The first kappa shape index (κ1) is 14.0. The second-order valence-electron chi connectivity index (χ2n) is 4.62. The normalized spacial score (nSPS) is 16.6. The molecule has 1 atom stereocenters. The molecule has 0 radical (unpaired) electrons. The number of likely N-dealkylation sites (N-methyl/N-ethyl adjacent to an activating group) is 1. The monoisotopic (exact) mass is 284 g/mol. The van der Waals surface area contributed by atoms with Gasteiger partial charge in [-0.25, -0.2) is 13.1 Å². The van der Waals surface area contributed by atoms with E-state index in [2.05, 4.69) is 4.72 Å². The fraction of sp³-hybridized carbons (Fsp3) is 0.417. The third-order valence-corrected chi connectivity index (χ3v) is 4.43. The number of aliphatic hydroxyl groups is 1. The molecule has 1 aliphatic rings. The number of aliphatic hydroxyl groups excluding tert-OH is 1. The van der Waals surface area contributed by atoms with Crippen LogP contribution in [0.3, 0.4) is 0 Å². The number of nitrogens with zero attached hydrogens (tertiary/aromatic N) is 1. The SMILES string of the molecule is C[C@H](O)CNS(=O)(=O)c1ccc2c(c1)CC(=O)N2C. The second-order valence-corrected chi connectivity index (χ2v) is 6.39. The molecule has 1 aromatic rings. The van der Waals surface area contributed by atoms with Gasteiger partial charge in [0.25, 0.3) is 0 Å². The number of hydrogen-bond acceptors (Lipinski definition) is 4. The minimum absolute atomic E-state index is 0.0434. The van der Waals surface area contributed by atoms with E-state index in [4.69, 9.17) is 5.11 Å². The standard InChI is InChI=1S/C12H16N2O4S/c1-8(15)7-13-19(17,18)10-3-4-11-9(5-10)6-12(16)14(11)2/h3-5,8,13,15H,6-7H2,1-2H3/t8-/m0/s1. The first-order chi connectivity index (χ1) is 8.81. The van der Waals surface area contributed by atoms with E-state index in [0.717, 1.165) is 5.69 Å². The summed E-state index contributed by atoms with van der Waals surface area (Å²) in [5.41, 5.74) is 1.44. The van der Waals surface area contributed by atoms with E-state index in [1.807, 2.05) is 0 Å². The van der Waals surface area contributed by atoms with Crippen LogP contribution < -0.4 is 9.62 Å². The molecule has 1 aliphatic heterocycles. The third-order valence-electron chi connectivity index (χ3n) is 3.01. The third kappa shape index (κ3) is 2.78. The molecular formula is C12H16N2O4S. The molecule has 104 valence electrons. The van der Waals surface area contributed by atoms with Crippen molar-refractivity contribution in [3.63, 3.8) is 0 Å². The lowest BCUT2D eigenvalue weighted by atomic mass is 10.2. The van der Waals surface area contributed by atoms with Gasteiger partial charge >= 0.3 is 0 Å². The molecule has 2 rings (SSSR count). The molecule has 2 N–H and O–H groups in total. The molecule has 6 nitrogen and oxygen atoms in total. The van der Waals surface area contributed by atoms with Crippen molar-refractivity contribution >= 4 is 21.6 Å². The maximum Gasteiger partial charge on any atom is 0.240 e. The Kier molecular flexibility index (Phi) is 3.62. The molecule has 0 aliphatic carbocycles. The van der Waals surface area contributed by atoms with Gasteiger partial charge in [0.05, 0.1) is 17.4 Å². The predicted octanol–water partition coefficient (Wildman–Crippen LogP) is -0.135. The van der Waals surface area contributed by atoms with Crippen LogP contribution in [0.1, 0.15) is 12.5 Å². The van der Waals surface area contributed by atoms with Crippen molar-refractivity contribution in [3.8, 4) is 0 Å². The Labute approximate surface area is 112 Å². The summed E-state index contributed by atoms with van der Waals surface area (Å²) in [5.74, 6) is -0.0542. The van der Waals surface area contributed by atoms with Gasteiger partial charge in [0.2, 0.25) is 15.9 Å². The predicted molar refractivity (Wildman–Crippen MR) is 70.4 cm³/mol. The Morgan fingerprint density at radius 1 is 1.47 bits per heavy atom. The van der Waals surface area contributed by atoms with Gasteiger partial charge in [-0.1, -0.05) is 0 Å². The number of hydrogen-bond donors (Lipinski definition) is 2. The van der Waals surface area contributed by atoms with Crippen LogP contribution in [0.5, 0.6) is 0 Å². The quantitative estimate of drug-likeness (QED) is 0.806. The van der Waals surface area contributed by atoms with Gasteiger partial charge < -0.3 is 10.0 Å². The summed E-state index contributed by atoms with van der Waals surface area (Å²) in [6.45, 7) is 1.46. The molecule has 0 saturated heterocycles. The number of nitrogens with one attached hydrogen (secondary N) is 1. The second kappa shape index (κ2) is 4.92. The molecule has 19 heavy (non-hydrogen) atoms. The van der Waals surface area contributed by atoms with E-state index in [1.54, 1.807) is 13.1 Å². The first-order valence-corrected chi connectivity index (χ1v) is 7.37. The highest BCUT2D eigenvalue weighted by molar-refractivity contribution is 7.89. The average molecular weight is 284 g/mol. The molecule has 1 aromatic carbocycles. The van der Waals surface area contributed by atoms with E-state index in [1.165, 1.54) is 24.0 Å². The van der Waals surface area contributed by atoms with Crippen molar-refractivity contribution in [3.05, 3.63) is 23.8 Å². The number of anilines is 1. The molecule has 0 spiro atoms. The maximum absolute atomic E-state index is 12.0. The Morgan fingerprint density at radius 3 is 2.79 bits per heavy atom. The Balaban J connectivity index is 2.29. The minimum Gasteiger partial charge on any atom is -0.392 e. The summed E-state index contributed by atoms with van der Waals surface area (Å²) >= 11 is 0. The van der Waals surface area contributed by atoms with Gasteiger partial charge in [-0.05, 0) is 30.7 Å². The molecule has 7 heteroatoms. The highest BCUT2D eigenvalue weighted by atomic mass is 32.2. The summed E-state index contributed by atoms with van der Waals surface area (Å²) < 4.78 is 26.3. The van der Waals surface area contributed by atoms with Gasteiger partial charge in [-0.2, -0.15) is 0 Å². The summed E-state index contributed by atoms with van der Waals surface area (Å²) in [4.78, 5) is 13.2. The molecule has 0 aromatic heterocycles. The molecule has 1 amide bonds. The van der Waals surface area contributed by atoms with Gasteiger partial charge in [0, 0.05) is 19.3 Å². The first-order valence-electron chi connectivity index (χ1n) is 5.88. The molecule has 1 heterocycles. The molecular weight excluding hydrogens is 268 g/mol. The fourth-order valence-electron chi connectivity index (χ4n) is 1.93. The average Bonchev–Trinajstić information content (AvgIpc) is 2.62. The molecule has 0 unspecified atom stereocenters. The lowest BCUT2D eigenvalue weighted by Gasteiger charge is -2.12. The zero-order valence-electron chi connectivity index (χ0n) is 10.8. The van der Waals surface area contributed by atoms with E-state index in [0.29, 0.717) is 5.56 Å². The number of carbonyl (C=O) groups excluding carboxylic acids is 1. The minimum atomic E-state index is -3.65. The highest BCUT2D eigenvalue weighted by Gasteiger charge is 2.26. The zero-order valence-corrected chi connectivity index (χ0v) is 11.6. The van der Waals surface area contributed by atoms with Crippen LogP contribution in [-0.2, 0) is 21.2 Å². The van der Waals surface area contributed by atoms with Crippen molar-refractivity contribution < 1.29 is 18.3 Å². The molecule has 0 bridgehead atoms. The van der Waals surface area contributed by atoms with Crippen molar-refractivity contribution in [1.29, 1.82) is 0 Å². The zero-order chi connectivity index (χ0) is 14.2. The Hall–Kier alpha value is -1.44. The van der Waals surface area contributed by atoms with Crippen LogP contribution in [0.4, 0.5) is 5.69 Å². The Bertz CT molecular complexity index is 610. The number of rotatable bonds is 4. The van der Waals surface area contributed by atoms with Crippen LogP contribution >= 0.6 is 0 Å². The number of fused-ring (bicyclic) bond motifs is 1. The van der Waals surface area contributed by atoms with Crippen LogP contribution in [-0.4, -0.2) is 39.1 Å². The number of amides is 1. The Morgan fingerprint density at radius 2 is 2.16 bits per heavy atom. The van der Waals surface area contributed by atoms with Gasteiger partial charge in [0.1, 0.15) is 0 Å². The lowest BCUT2D eigenvalue weighted by molar-refractivity contribution is -0.117. The summed E-state index contributed by atoms with van der Waals surface area (Å²) in [5, 5.41) is 9.11. The van der Waals surface area contributed by atoms with Crippen LogP contribution in [0.25, 0.3) is 0 Å². The smallest absolute Gasteiger partial charge is 0.240 e. The van der Waals surface area contributed by atoms with Gasteiger partial charge in [0.15, 0.2) is 0 Å². The largest absolute Gasteiger partial charge is 0.392 e. The van der Waals surface area contributed by atoms with Crippen molar-refractivity contribution in [2.24, 2.45) is 0 Å². The number of sulfonamides is 1. The van der Waals surface area contributed by atoms with Gasteiger partial charge in [-0.3, -0.25) is 4.79 Å². The van der Waals surface area contributed by atoms with Crippen LogP contribution in [0.15, 0.2) is 23.1 Å². The van der Waals surface area contributed by atoms with Crippen molar-refractivity contribution in [2.45, 2.75) is 24.3 Å². The number of benzene rings is 1.